The van der Waals surface area contributed by atoms with Crippen LogP contribution in [0.4, 0.5) is 11.4 Å². The SMILES string of the molecule is CCOc1ccc(OCC[NH+]2CCN(c3ccc([N+](=O)[O-])cc3)CC2)cc1. The molecule has 0 radical (unpaired) electrons. The number of ether oxygens (including phenoxy) is 2. The summed E-state index contributed by atoms with van der Waals surface area (Å²) in [6.07, 6.45) is 0. The average Bonchev–Trinajstić information content (AvgIpc) is 2.70. The zero-order chi connectivity index (χ0) is 19.1. The summed E-state index contributed by atoms with van der Waals surface area (Å²) in [4.78, 5) is 14.2. The number of piperazine rings is 1. The fourth-order valence-corrected chi connectivity index (χ4v) is 3.23. The Morgan fingerprint density at radius 1 is 1.00 bits per heavy atom. The number of nitrogens with one attached hydrogen (secondary N) is 1. The smallest absolute Gasteiger partial charge is 0.269 e. The van der Waals surface area contributed by atoms with Crippen molar-refractivity contribution in [3.63, 3.8) is 0 Å². The Hall–Kier alpha value is -2.80. The van der Waals surface area contributed by atoms with Gasteiger partial charge in [0.15, 0.2) is 0 Å². The van der Waals surface area contributed by atoms with Gasteiger partial charge in [0.05, 0.1) is 37.7 Å². The lowest BCUT2D eigenvalue weighted by molar-refractivity contribution is -0.900. The number of hydrogen-bond acceptors (Lipinski definition) is 5. The van der Waals surface area contributed by atoms with E-state index in [0.29, 0.717) is 13.2 Å². The van der Waals surface area contributed by atoms with Crippen LogP contribution in [-0.2, 0) is 0 Å². The Kier molecular flexibility index (Phi) is 6.49. The zero-order valence-corrected chi connectivity index (χ0v) is 15.6. The van der Waals surface area contributed by atoms with Gasteiger partial charge in [-0.1, -0.05) is 0 Å². The van der Waals surface area contributed by atoms with E-state index in [-0.39, 0.29) is 10.6 Å². The number of nitrogens with zero attached hydrogens (tertiary/aromatic N) is 2. The molecule has 2 aromatic rings. The number of anilines is 1. The maximum absolute atomic E-state index is 10.8. The number of hydrogen-bond donors (Lipinski definition) is 1. The Morgan fingerprint density at radius 3 is 2.15 bits per heavy atom. The summed E-state index contributed by atoms with van der Waals surface area (Å²) in [5.41, 5.74) is 1.18. The molecule has 0 unspecified atom stereocenters. The monoisotopic (exact) mass is 372 g/mol. The average molecular weight is 372 g/mol. The van der Waals surface area contributed by atoms with Gasteiger partial charge in [-0.15, -0.1) is 0 Å². The topological polar surface area (TPSA) is 69.3 Å². The van der Waals surface area contributed by atoms with Crippen molar-refractivity contribution >= 4 is 11.4 Å². The van der Waals surface area contributed by atoms with Crippen LogP contribution >= 0.6 is 0 Å². The molecule has 1 aliphatic rings. The van der Waals surface area contributed by atoms with E-state index in [9.17, 15) is 10.1 Å². The molecule has 0 saturated carbocycles. The van der Waals surface area contributed by atoms with E-state index in [2.05, 4.69) is 4.90 Å². The van der Waals surface area contributed by atoms with Crippen molar-refractivity contribution in [2.24, 2.45) is 0 Å². The van der Waals surface area contributed by atoms with E-state index >= 15 is 0 Å². The highest BCUT2D eigenvalue weighted by atomic mass is 16.6. The lowest BCUT2D eigenvalue weighted by Crippen LogP contribution is -3.15. The largest absolute Gasteiger partial charge is 0.494 e. The lowest BCUT2D eigenvalue weighted by Gasteiger charge is -2.33. The number of rotatable bonds is 8. The predicted octanol–water partition coefficient (Wildman–Crippen LogP) is 1.78. The summed E-state index contributed by atoms with van der Waals surface area (Å²) >= 11 is 0. The van der Waals surface area contributed by atoms with Crippen LogP contribution in [0.2, 0.25) is 0 Å². The minimum atomic E-state index is -0.365. The summed E-state index contributed by atoms with van der Waals surface area (Å²) in [6.45, 7) is 8.21. The fraction of sp³-hybridized carbons (Fsp3) is 0.400. The van der Waals surface area contributed by atoms with Crippen molar-refractivity contribution in [3.8, 4) is 11.5 Å². The van der Waals surface area contributed by atoms with Gasteiger partial charge in [0.2, 0.25) is 0 Å². The molecule has 7 nitrogen and oxygen atoms in total. The molecule has 1 aliphatic heterocycles. The van der Waals surface area contributed by atoms with Crippen molar-refractivity contribution in [2.45, 2.75) is 6.92 Å². The van der Waals surface area contributed by atoms with Gasteiger partial charge in [0.1, 0.15) is 24.7 Å². The molecule has 27 heavy (non-hydrogen) atoms. The standard InChI is InChI=1S/C20H25N3O4/c1-2-26-19-7-9-20(10-8-19)27-16-15-21-11-13-22(14-12-21)17-3-5-18(6-4-17)23(24)25/h3-10H,2,11-16H2,1H3/p+1. The van der Waals surface area contributed by atoms with E-state index in [1.54, 1.807) is 12.1 Å². The van der Waals surface area contributed by atoms with Crippen molar-refractivity contribution in [1.82, 2.24) is 0 Å². The highest BCUT2D eigenvalue weighted by Crippen LogP contribution is 2.19. The van der Waals surface area contributed by atoms with Crippen molar-refractivity contribution in [1.29, 1.82) is 0 Å². The molecule has 0 aliphatic carbocycles. The number of nitro benzene ring substituents is 1. The number of nitro groups is 1. The first kappa shape index (κ1) is 19.0. The van der Waals surface area contributed by atoms with Crippen molar-refractivity contribution in [3.05, 3.63) is 58.6 Å². The van der Waals surface area contributed by atoms with Gasteiger partial charge >= 0.3 is 0 Å². The molecule has 0 bridgehead atoms. The molecular formula is C20H26N3O4+. The van der Waals surface area contributed by atoms with Crippen molar-refractivity contribution in [2.75, 3.05) is 50.8 Å². The zero-order valence-electron chi connectivity index (χ0n) is 15.6. The minimum Gasteiger partial charge on any atom is -0.494 e. The molecule has 3 rings (SSSR count). The summed E-state index contributed by atoms with van der Waals surface area (Å²) in [7, 11) is 0. The number of benzene rings is 2. The van der Waals surface area contributed by atoms with E-state index in [1.807, 2.05) is 43.3 Å². The van der Waals surface area contributed by atoms with Gasteiger partial charge in [0.25, 0.3) is 5.69 Å². The van der Waals surface area contributed by atoms with Crippen molar-refractivity contribution < 1.29 is 19.3 Å². The Labute approximate surface area is 159 Å². The first-order valence-corrected chi connectivity index (χ1v) is 9.34. The third-order valence-corrected chi connectivity index (χ3v) is 4.76. The quantitative estimate of drug-likeness (QED) is 0.565. The molecule has 1 fully saturated rings. The Balaban J connectivity index is 1.39. The summed E-state index contributed by atoms with van der Waals surface area (Å²) < 4.78 is 11.3. The van der Waals surface area contributed by atoms with Crippen LogP contribution in [0, 0.1) is 10.1 Å². The van der Waals surface area contributed by atoms with Crippen LogP contribution in [0.5, 0.6) is 11.5 Å². The molecule has 2 aromatic carbocycles. The maximum Gasteiger partial charge on any atom is 0.269 e. The maximum atomic E-state index is 10.8. The molecular weight excluding hydrogens is 346 g/mol. The molecule has 0 atom stereocenters. The third-order valence-electron chi connectivity index (χ3n) is 4.76. The van der Waals surface area contributed by atoms with Gasteiger partial charge in [-0.3, -0.25) is 10.1 Å². The molecule has 0 amide bonds. The van der Waals surface area contributed by atoms with Gasteiger partial charge in [0, 0.05) is 17.8 Å². The Bertz CT molecular complexity index is 726. The van der Waals surface area contributed by atoms with Gasteiger partial charge in [-0.05, 0) is 43.3 Å². The number of non-ortho nitro benzene ring substituents is 1. The molecule has 144 valence electrons. The Morgan fingerprint density at radius 2 is 1.59 bits per heavy atom. The molecule has 1 saturated heterocycles. The highest BCUT2D eigenvalue weighted by Gasteiger charge is 2.20. The van der Waals surface area contributed by atoms with E-state index in [4.69, 9.17) is 9.47 Å². The minimum absolute atomic E-state index is 0.134. The second-order valence-electron chi connectivity index (χ2n) is 6.51. The van der Waals surface area contributed by atoms with E-state index in [1.165, 1.54) is 4.90 Å². The van der Waals surface area contributed by atoms with Gasteiger partial charge < -0.3 is 19.3 Å². The molecule has 0 aromatic heterocycles. The first-order chi connectivity index (χ1) is 13.2. The summed E-state index contributed by atoms with van der Waals surface area (Å²) in [6, 6.07) is 14.5. The summed E-state index contributed by atoms with van der Waals surface area (Å²) in [5.74, 6) is 1.72. The van der Waals surface area contributed by atoms with Crippen LogP contribution in [0.25, 0.3) is 0 Å². The van der Waals surface area contributed by atoms with Gasteiger partial charge in [-0.25, -0.2) is 0 Å². The van der Waals surface area contributed by atoms with Crippen LogP contribution < -0.4 is 19.3 Å². The second-order valence-corrected chi connectivity index (χ2v) is 6.51. The summed E-state index contributed by atoms with van der Waals surface area (Å²) in [5, 5.41) is 10.8. The highest BCUT2D eigenvalue weighted by molar-refractivity contribution is 5.51. The van der Waals surface area contributed by atoms with Crippen LogP contribution in [0.15, 0.2) is 48.5 Å². The van der Waals surface area contributed by atoms with Gasteiger partial charge in [-0.2, -0.15) is 0 Å². The fourth-order valence-electron chi connectivity index (χ4n) is 3.23. The van der Waals surface area contributed by atoms with Crippen LogP contribution in [0.1, 0.15) is 6.92 Å². The third kappa shape index (κ3) is 5.34. The second kappa shape index (κ2) is 9.23. The predicted molar refractivity (Wildman–Crippen MR) is 104 cm³/mol. The van der Waals surface area contributed by atoms with Crippen LogP contribution in [-0.4, -0.2) is 50.9 Å². The van der Waals surface area contributed by atoms with E-state index < -0.39 is 0 Å². The molecule has 1 N–H and O–H groups in total. The molecule has 7 heteroatoms. The van der Waals surface area contributed by atoms with Crippen LogP contribution in [0.3, 0.4) is 0 Å². The lowest BCUT2D eigenvalue weighted by atomic mass is 10.2. The molecule has 1 heterocycles. The first-order valence-electron chi connectivity index (χ1n) is 9.34. The molecule has 0 spiro atoms. The normalized spacial score (nSPS) is 14.8. The number of quaternary nitrogens is 1. The van der Waals surface area contributed by atoms with E-state index in [0.717, 1.165) is 49.9 Å².